The predicted molar refractivity (Wildman–Crippen MR) is 133 cm³/mol. The number of halogens is 1. The highest BCUT2D eigenvalue weighted by molar-refractivity contribution is 6.32. The molecule has 5 heteroatoms. The Hall–Kier alpha value is -4.07. The third-order valence-corrected chi connectivity index (χ3v) is 5.58. The first-order chi connectivity index (χ1) is 16.0. The minimum absolute atomic E-state index is 0.0151. The van der Waals surface area contributed by atoms with Gasteiger partial charge in [0.25, 0.3) is 5.91 Å². The van der Waals surface area contributed by atoms with E-state index in [1.165, 1.54) is 6.08 Å². The second-order valence-electron chi connectivity index (χ2n) is 7.56. The summed E-state index contributed by atoms with van der Waals surface area (Å²) in [5.74, 6) is 0.0591. The van der Waals surface area contributed by atoms with Crippen LogP contribution >= 0.6 is 11.6 Å². The molecule has 0 aliphatic carbocycles. The van der Waals surface area contributed by atoms with Gasteiger partial charge in [-0.2, -0.15) is 5.26 Å². The fourth-order valence-electron chi connectivity index (χ4n) is 3.52. The zero-order valence-corrected chi connectivity index (χ0v) is 18.8. The summed E-state index contributed by atoms with van der Waals surface area (Å²) >= 11 is 6.43. The lowest BCUT2D eigenvalue weighted by atomic mass is 10.1. The minimum Gasteiger partial charge on any atom is -0.487 e. The summed E-state index contributed by atoms with van der Waals surface area (Å²) < 4.78 is 5.96. The highest BCUT2D eigenvalue weighted by Gasteiger charge is 2.12. The van der Waals surface area contributed by atoms with Crippen molar-refractivity contribution in [2.75, 3.05) is 5.32 Å². The number of hydrogen-bond acceptors (Lipinski definition) is 3. The van der Waals surface area contributed by atoms with Gasteiger partial charge in [-0.05, 0) is 58.7 Å². The Morgan fingerprint density at radius 2 is 1.79 bits per heavy atom. The Morgan fingerprint density at radius 3 is 2.58 bits per heavy atom. The van der Waals surface area contributed by atoms with E-state index in [2.05, 4.69) is 23.5 Å². The van der Waals surface area contributed by atoms with Crippen molar-refractivity contribution < 1.29 is 9.53 Å². The predicted octanol–water partition coefficient (Wildman–Crippen LogP) is 6.93. The van der Waals surface area contributed by atoms with Gasteiger partial charge in [-0.25, -0.2) is 0 Å². The van der Waals surface area contributed by atoms with Crippen molar-refractivity contribution in [1.82, 2.24) is 0 Å². The molecule has 0 aliphatic rings. The van der Waals surface area contributed by atoms with Crippen LogP contribution in [0.3, 0.4) is 0 Å². The zero-order chi connectivity index (χ0) is 23.2. The Morgan fingerprint density at radius 1 is 1.03 bits per heavy atom. The molecule has 0 unspecified atom stereocenters. The molecule has 1 N–H and O–H groups in total. The van der Waals surface area contributed by atoms with Gasteiger partial charge >= 0.3 is 0 Å². The van der Waals surface area contributed by atoms with Gasteiger partial charge in [0.2, 0.25) is 0 Å². The maximum absolute atomic E-state index is 12.6. The van der Waals surface area contributed by atoms with Crippen LogP contribution in [0.1, 0.15) is 16.7 Å². The molecule has 4 nitrogen and oxygen atoms in total. The highest BCUT2D eigenvalue weighted by atomic mass is 35.5. The number of para-hydroxylation sites is 1. The second kappa shape index (κ2) is 10.0. The van der Waals surface area contributed by atoms with Crippen LogP contribution in [0.2, 0.25) is 5.02 Å². The van der Waals surface area contributed by atoms with Gasteiger partial charge in [0.15, 0.2) is 0 Å². The van der Waals surface area contributed by atoms with E-state index in [4.69, 9.17) is 16.3 Å². The molecule has 33 heavy (non-hydrogen) atoms. The number of benzene rings is 4. The van der Waals surface area contributed by atoms with Crippen LogP contribution in [-0.4, -0.2) is 5.91 Å². The smallest absolute Gasteiger partial charge is 0.266 e. The van der Waals surface area contributed by atoms with Gasteiger partial charge in [-0.15, -0.1) is 0 Å². The van der Waals surface area contributed by atoms with Gasteiger partial charge in [0.05, 0.1) is 5.02 Å². The number of anilines is 1. The molecule has 4 aromatic rings. The molecule has 0 saturated carbocycles. The number of nitriles is 1. The number of rotatable bonds is 6. The largest absolute Gasteiger partial charge is 0.487 e. The molecule has 4 aromatic carbocycles. The lowest BCUT2D eigenvalue weighted by Gasteiger charge is -2.11. The van der Waals surface area contributed by atoms with Crippen LogP contribution < -0.4 is 10.1 Å². The number of carbonyl (C=O) groups is 1. The topological polar surface area (TPSA) is 62.1 Å². The Balaban J connectivity index is 1.49. The number of nitrogens with one attached hydrogen (secondary N) is 1. The van der Waals surface area contributed by atoms with Gasteiger partial charge < -0.3 is 10.1 Å². The van der Waals surface area contributed by atoms with E-state index in [-0.39, 0.29) is 5.57 Å². The molecule has 0 fully saturated rings. The number of fused-ring (bicyclic) bond motifs is 1. The van der Waals surface area contributed by atoms with E-state index < -0.39 is 5.91 Å². The molecule has 0 radical (unpaired) electrons. The Bertz CT molecular complexity index is 1400. The van der Waals surface area contributed by atoms with Crippen molar-refractivity contribution in [3.8, 4) is 11.8 Å². The lowest BCUT2D eigenvalue weighted by Crippen LogP contribution is -2.14. The Labute approximate surface area is 197 Å². The minimum atomic E-state index is -0.473. The third kappa shape index (κ3) is 5.23. The summed E-state index contributed by atoms with van der Waals surface area (Å²) in [6.07, 6.45) is 1.51. The first-order valence-corrected chi connectivity index (χ1v) is 10.8. The van der Waals surface area contributed by atoms with Crippen molar-refractivity contribution in [3.05, 3.63) is 112 Å². The van der Waals surface area contributed by atoms with Crippen LogP contribution in [0.25, 0.3) is 16.8 Å². The molecule has 162 valence electrons. The molecule has 0 aliphatic heterocycles. The van der Waals surface area contributed by atoms with Gasteiger partial charge in [0.1, 0.15) is 24.0 Å². The lowest BCUT2D eigenvalue weighted by molar-refractivity contribution is -0.112. The van der Waals surface area contributed by atoms with Crippen LogP contribution in [0.4, 0.5) is 5.69 Å². The van der Waals surface area contributed by atoms with Crippen molar-refractivity contribution in [2.45, 2.75) is 13.5 Å². The van der Waals surface area contributed by atoms with Gasteiger partial charge in [-0.1, -0.05) is 78.3 Å². The number of amides is 1. The van der Waals surface area contributed by atoms with Crippen molar-refractivity contribution >= 4 is 40.0 Å². The number of carbonyl (C=O) groups excluding carboxylic acids is 1. The van der Waals surface area contributed by atoms with Crippen molar-refractivity contribution in [2.24, 2.45) is 0 Å². The van der Waals surface area contributed by atoms with Crippen LogP contribution in [0, 0.1) is 18.3 Å². The molecular formula is C28H21ClN2O2. The molecule has 0 aromatic heterocycles. The highest BCUT2D eigenvalue weighted by Crippen LogP contribution is 2.28. The fourth-order valence-corrected chi connectivity index (χ4v) is 3.76. The molecule has 0 bridgehead atoms. The standard InChI is InChI=1S/C28H21ClN2O2/c1-19-7-2-5-12-26(19)31-28(32)23(17-30)15-20-13-14-27(25(29)16-20)33-18-22-10-6-9-21-8-3-4-11-24(21)22/h2-16H,18H2,1H3,(H,31,32)/b23-15+. The van der Waals surface area contributed by atoms with E-state index in [0.29, 0.717) is 28.6 Å². The summed E-state index contributed by atoms with van der Waals surface area (Å²) in [6.45, 7) is 2.26. The van der Waals surface area contributed by atoms with E-state index >= 15 is 0 Å². The molecular weight excluding hydrogens is 432 g/mol. The summed E-state index contributed by atoms with van der Waals surface area (Å²) in [5, 5.41) is 14.9. The molecule has 0 saturated heterocycles. The SMILES string of the molecule is Cc1ccccc1NC(=O)/C(C#N)=C/c1ccc(OCc2cccc3ccccc23)c(Cl)c1. The van der Waals surface area contributed by atoms with Gasteiger partial charge in [0, 0.05) is 5.69 Å². The van der Waals surface area contributed by atoms with E-state index in [1.807, 2.05) is 55.5 Å². The first-order valence-electron chi connectivity index (χ1n) is 10.4. The number of ether oxygens (including phenoxy) is 1. The summed E-state index contributed by atoms with van der Waals surface area (Å²) in [4.78, 5) is 12.6. The van der Waals surface area contributed by atoms with Crippen LogP contribution in [0.15, 0.2) is 90.5 Å². The molecule has 0 atom stereocenters. The molecule has 1 amide bonds. The second-order valence-corrected chi connectivity index (χ2v) is 7.96. The number of nitrogens with zero attached hydrogens (tertiary/aromatic N) is 1. The van der Waals surface area contributed by atoms with Crippen molar-refractivity contribution in [1.29, 1.82) is 5.26 Å². The maximum atomic E-state index is 12.6. The summed E-state index contributed by atoms with van der Waals surface area (Å²) in [6, 6.07) is 28.8. The van der Waals surface area contributed by atoms with E-state index in [0.717, 1.165) is 21.9 Å². The van der Waals surface area contributed by atoms with Gasteiger partial charge in [-0.3, -0.25) is 4.79 Å². The number of aryl methyl sites for hydroxylation is 1. The fraction of sp³-hybridized carbons (Fsp3) is 0.0714. The van der Waals surface area contributed by atoms with Crippen LogP contribution in [0.5, 0.6) is 5.75 Å². The maximum Gasteiger partial charge on any atom is 0.266 e. The average Bonchev–Trinajstić information content (AvgIpc) is 2.83. The Kier molecular flexibility index (Phi) is 6.73. The summed E-state index contributed by atoms with van der Waals surface area (Å²) in [5.41, 5.74) is 3.26. The van der Waals surface area contributed by atoms with Crippen molar-refractivity contribution in [3.63, 3.8) is 0 Å². The first kappa shape index (κ1) is 22.1. The quantitative estimate of drug-likeness (QED) is 0.255. The van der Waals surface area contributed by atoms with E-state index in [9.17, 15) is 10.1 Å². The molecule has 4 rings (SSSR count). The molecule has 0 heterocycles. The number of hydrogen-bond donors (Lipinski definition) is 1. The zero-order valence-electron chi connectivity index (χ0n) is 18.0. The summed E-state index contributed by atoms with van der Waals surface area (Å²) in [7, 11) is 0. The normalized spacial score (nSPS) is 11.1. The third-order valence-electron chi connectivity index (χ3n) is 5.29. The van der Waals surface area contributed by atoms with Crippen LogP contribution in [-0.2, 0) is 11.4 Å². The monoisotopic (exact) mass is 452 g/mol. The van der Waals surface area contributed by atoms with E-state index in [1.54, 1.807) is 24.3 Å². The average molecular weight is 453 g/mol. The molecule has 0 spiro atoms.